The first-order valence-corrected chi connectivity index (χ1v) is 7.51. The largest absolute Gasteiger partial charge is 1.00 e. The zero-order valence-electron chi connectivity index (χ0n) is 11.2. The molecule has 17 heavy (non-hydrogen) atoms. The van der Waals surface area contributed by atoms with Crippen LogP contribution >= 0.6 is 0 Å². The Kier molecular flexibility index (Phi) is 12.8. The fourth-order valence-corrected chi connectivity index (χ4v) is 2.74. The van der Waals surface area contributed by atoms with Crippen LogP contribution in [0.1, 0.15) is 58.8 Å². The van der Waals surface area contributed by atoms with Gasteiger partial charge < -0.3 is 9.66 Å². The molecule has 0 amide bonds. The predicted octanol–water partition coefficient (Wildman–Crippen LogP) is -0.964. The van der Waals surface area contributed by atoms with Gasteiger partial charge in [0, 0.05) is 0 Å². The normalized spacial score (nSPS) is 15.1. The maximum atomic E-state index is 10.9. The zero-order valence-corrected chi connectivity index (χ0v) is 14.0. The number of hydrogen-bond donors (Lipinski definition) is 1. The van der Waals surface area contributed by atoms with Crippen molar-refractivity contribution in [2.45, 2.75) is 70.1 Å². The Morgan fingerprint density at radius 2 is 1.71 bits per heavy atom. The molecule has 0 saturated carbocycles. The minimum absolute atomic E-state index is 0. The third kappa shape index (κ3) is 10.5. The standard InChI is InChI=1S/C11H24O4S.Na/c1-3-5-6-8-10(12)9-11(7-4-2)16(13,14)15;/h10-12H,3-9H2,1-2H3,(H,13,14,15);/q;+1/p-1. The number of unbranched alkanes of at least 4 members (excludes halogenated alkanes) is 2. The number of aliphatic hydroxyl groups is 1. The Morgan fingerprint density at radius 1 is 1.12 bits per heavy atom. The monoisotopic (exact) mass is 274 g/mol. The van der Waals surface area contributed by atoms with Crippen LogP contribution in [-0.2, 0) is 10.1 Å². The fourth-order valence-electron chi connectivity index (χ4n) is 1.75. The maximum absolute atomic E-state index is 10.9. The van der Waals surface area contributed by atoms with Crippen LogP contribution in [0.2, 0.25) is 0 Å². The van der Waals surface area contributed by atoms with Gasteiger partial charge >= 0.3 is 29.6 Å². The summed E-state index contributed by atoms with van der Waals surface area (Å²) in [7, 11) is -4.26. The molecule has 0 saturated heterocycles. The van der Waals surface area contributed by atoms with E-state index in [0.29, 0.717) is 19.3 Å². The third-order valence-electron chi connectivity index (χ3n) is 2.69. The molecular formula is C11H23NaO4S. The molecule has 0 aromatic rings. The van der Waals surface area contributed by atoms with Crippen molar-refractivity contribution in [2.75, 3.05) is 0 Å². The molecule has 0 aliphatic heterocycles. The predicted molar refractivity (Wildman–Crippen MR) is 63.2 cm³/mol. The Balaban J connectivity index is 0. The molecule has 0 spiro atoms. The van der Waals surface area contributed by atoms with E-state index in [9.17, 15) is 18.1 Å². The summed E-state index contributed by atoms with van der Waals surface area (Å²) >= 11 is 0. The Bertz CT molecular complexity index is 267. The van der Waals surface area contributed by atoms with Crippen molar-refractivity contribution >= 4 is 10.1 Å². The van der Waals surface area contributed by atoms with Crippen molar-refractivity contribution in [1.82, 2.24) is 0 Å². The average molecular weight is 274 g/mol. The average Bonchev–Trinajstić information content (AvgIpc) is 2.16. The van der Waals surface area contributed by atoms with Gasteiger partial charge in [0.15, 0.2) is 0 Å². The van der Waals surface area contributed by atoms with E-state index in [-0.39, 0.29) is 36.0 Å². The van der Waals surface area contributed by atoms with Crippen LogP contribution in [0.4, 0.5) is 0 Å². The first-order chi connectivity index (χ1) is 7.41. The van der Waals surface area contributed by atoms with Crippen LogP contribution in [0.5, 0.6) is 0 Å². The molecule has 1 N–H and O–H groups in total. The van der Waals surface area contributed by atoms with Crippen molar-refractivity contribution in [1.29, 1.82) is 0 Å². The molecule has 98 valence electrons. The van der Waals surface area contributed by atoms with Crippen LogP contribution < -0.4 is 29.6 Å². The summed E-state index contributed by atoms with van der Waals surface area (Å²) in [6.45, 7) is 3.90. The summed E-state index contributed by atoms with van der Waals surface area (Å²) in [6.07, 6.45) is 3.98. The van der Waals surface area contributed by atoms with Crippen LogP contribution in [0.15, 0.2) is 0 Å². The fraction of sp³-hybridized carbons (Fsp3) is 1.00. The SMILES string of the molecule is CCCCCC(O)CC(CCC)S(=O)(=O)[O-].[Na+]. The molecular weight excluding hydrogens is 251 g/mol. The van der Waals surface area contributed by atoms with Crippen molar-refractivity contribution in [2.24, 2.45) is 0 Å². The molecule has 4 nitrogen and oxygen atoms in total. The van der Waals surface area contributed by atoms with E-state index in [1.807, 2.05) is 6.92 Å². The van der Waals surface area contributed by atoms with Gasteiger partial charge in [0.05, 0.1) is 21.5 Å². The Hall–Kier alpha value is 0.870. The Morgan fingerprint density at radius 3 is 2.12 bits per heavy atom. The summed E-state index contributed by atoms with van der Waals surface area (Å²) < 4.78 is 32.8. The van der Waals surface area contributed by atoms with Gasteiger partial charge in [-0.25, -0.2) is 8.42 Å². The van der Waals surface area contributed by atoms with Crippen molar-refractivity contribution in [3.8, 4) is 0 Å². The van der Waals surface area contributed by atoms with E-state index in [4.69, 9.17) is 0 Å². The smallest absolute Gasteiger partial charge is 0.748 e. The van der Waals surface area contributed by atoms with Gasteiger partial charge in [0.2, 0.25) is 0 Å². The van der Waals surface area contributed by atoms with Gasteiger partial charge in [-0.05, 0) is 19.3 Å². The summed E-state index contributed by atoms with van der Waals surface area (Å²) in [5.74, 6) is 0. The molecule has 0 aliphatic carbocycles. The van der Waals surface area contributed by atoms with E-state index in [2.05, 4.69) is 6.92 Å². The van der Waals surface area contributed by atoms with Crippen molar-refractivity contribution < 1.29 is 47.6 Å². The molecule has 0 radical (unpaired) electrons. The van der Waals surface area contributed by atoms with Gasteiger partial charge in [0.1, 0.15) is 0 Å². The molecule has 0 heterocycles. The van der Waals surface area contributed by atoms with E-state index in [1.54, 1.807) is 0 Å². The summed E-state index contributed by atoms with van der Waals surface area (Å²) in [6, 6.07) is 0. The van der Waals surface area contributed by atoms with Crippen molar-refractivity contribution in [3.63, 3.8) is 0 Å². The van der Waals surface area contributed by atoms with E-state index in [1.165, 1.54) is 0 Å². The van der Waals surface area contributed by atoms with E-state index >= 15 is 0 Å². The molecule has 0 bridgehead atoms. The van der Waals surface area contributed by atoms with Gasteiger partial charge in [-0.3, -0.25) is 0 Å². The van der Waals surface area contributed by atoms with Crippen molar-refractivity contribution in [3.05, 3.63) is 0 Å². The third-order valence-corrected chi connectivity index (χ3v) is 3.94. The summed E-state index contributed by atoms with van der Waals surface area (Å²) in [5, 5.41) is 8.71. The molecule has 2 atom stereocenters. The van der Waals surface area contributed by atoms with Crippen LogP contribution in [-0.4, -0.2) is 29.4 Å². The molecule has 2 unspecified atom stereocenters. The van der Waals surface area contributed by atoms with E-state index < -0.39 is 21.5 Å². The molecule has 0 aromatic heterocycles. The Labute approximate surface area is 127 Å². The molecule has 0 aliphatic rings. The number of aliphatic hydroxyl groups excluding tert-OH is 1. The second-order valence-corrected chi connectivity index (χ2v) is 5.94. The van der Waals surface area contributed by atoms with Gasteiger partial charge in [-0.15, -0.1) is 0 Å². The van der Waals surface area contributed by atoms with Gasteiger partial charge in [0.25, 0.3) is 0 Å². The second kappa shape index (κ2) is 10.8. The van der Waals surface area contributed by atoms with Crippen LogP contribution in [0, 0.1) is 0 Å². The minimum atomic E-state index is -4.26. The zero-order chi connectivity index (χ0) is 12.6. The van der Waals surface area contributed by atoms with Gasteiger partial charge in [-0.2, -0.15) is 0 Å². The molecule has 0 fully saturated rings. The summed E-state index contributed by atoms with van der Waals surface area (Å²) in [4.78, 5) is 0. The summed E-state index contributed by atoms with van der Waals surface area (Å²) in [5.41, 5.74) is 0. The number of rotatable bonds is 9. The molecule has 0 aromatic carbocycles. The minimum Gasteiger partial charge on any atom is -0.748 e. The van der Waals surface area contributed by atoms with E-state index in [0.717, 1.165) is 19.3 Å². The van der Waals surface area contributed by atoms with Gasteiger partial charge in [-0.1, -0.05) is 39.5 Å². The quantitative estimate of drug-likeness (QED) is 0.333. The second-order valence-electron chi connectivity index (χ2n) is 4.29. The molecule has 0 rings (SSSR count). The molecule has 6 heteroatoms. The maximum Gasteiger partial charge on any atom is 1.00 e. The number of hydrogen-bond acceptors (Lipinski definition) is 4. The first kappa shape index (κ1) is 20.2. The van der Waals surface area contributed by atoms with Crippen LogP contribution in [0.25, 0.3) is 0 Å². The first-order valence-electron chi connectivity index (χ1n) is 6.04. The topological polar surface area (TPSA) is 77.4 Å². The van der Waals surface area contributed by atoms with Crippen LogP contribution in [0.3, 0.4) is 0 Å².